The van der Waals surface area contributed by atoms with Crippen molar-refractivity contribution in [2.75, 3.05) is 0 Å². The van der Waals surface area contributed by atoms with Crippen LogP contribution >= 0.6 is 0 Å². The maximum atomic E-state index is 12.1. The number of hydrogen-bond acceptors (Lipinski definition) is 2. The quantitative estimate of drug-likeness (QED) is 0.636. The lowest BCUT2D eigenvalue weighted by molar-refractivity contribution is 0.0945. The number of rotatable bonds is 1. The molecule has 0 radical (unpaired) electrons. The molecule has 4 heteroatoms. The van der Waals surface area contributed by atoms with E-state index in [-0.39, 0.29) is 5.91 Å². The van der Waals surface area contributed by atoms with Gasteiger partial charge in [-0.05, 0) is 30.3 Å². The van der Waals surface area contributed by atoms with Gasteiger partial charge in [-0.2, -0.15) is 5.10 Å². The molecule has 0 unspecified atom stereocenters. The van der Waals surface area contributed by atoms with Crippen LogP contribution in [-0.4, -0.2) is 20.3 Å². The Hall–Kier alpha value is -2.36. The highest BCUT2D eigenvalue weighted by atomic mass is 16.2. The predicted molar refractivity (Wildman–Crippen MR) is 64.9 cm³/mol. The van der Waals surface area contributed by atoms with Gasteiger partial charge in [-0.25, -0.2) is 4.68 Å². The van der Waals surface area contributed by atoms with Gasteiger partial charge in [0.2, 0.25) is 0 Å². The third-order valence-corrected chi connectivity index (χ3v) is 2.84. The van der Waals surface area contributed by atoms with Crippen LogP contribution in [0.5, 0.6) is 0 Å². The Bertz CT molecular complexity index is 680. The van der Waals surface area contributed by atoms with Gasteiger partial charge in [0.15, 0.2) is 0 Å². The summed E-state index contributed by atoms with van der Waals surface area (Å²) in [5, 5.41) is 5.00. The van der Waals surface area contributed by atoms with E-state index in [0.717, 1.165) is 10.9 Å². The van der Waals surface area contributed by atoms with Gasteiger partial charge in [0.05, 0.1) is 0 Å². The van der Waals surface area contributed by atoms with Crippen molar-refractivity contribution < 1.29 is 4.79 Å². The Morgan fingerprint density at radius 1 is 1.24 bits per heavy atom. The van der Waals surface area contributed by atoms with E-state index < -0.39 is 0 Å². The van der Waals surface area contributed by atoms with E-state index in [1.165, 1.54) is 4.68 Å². The molecule has 0 aliphatic heterocycles. The standard InChI is InChI=1S/C13H11N3O/c1-15-8-5-10-9-11(3-4-12(10)15)13(17)16-7-2-6-14-16/h2-9H,1H3. The summed E-state index contributed by atoms with van der Waals surface area (Å²) < 4.78 is 3.36. The van der Waals surface area contributed by atoms with E-state index in [4.69, 9.17) is 0 Å². The van der Waals surface area contributed by atoms with Crippen molar-refractivity contribution in [2.45, 2.75) is 0 Å². The number of benzene rings is 1. The number of nitrogens with zero attached hydrogens (tertiary/aromatic N) is 3. The summed E-state index contributed by atoms with van der Waals surface area (Å²) in [6.07, 6.45) is 5.23. The molecule has 0 aliphatic rings. The Balaban J connectivity index is 2.09. The zero-order valence-corrected chi connectivity index (χ0v) is 9.37. The van der Waals surface area contributed by atoms with Crippen LogP contribution in [0.15, 0.2) is 48.9 Å². The van der Waals surface area contributed by atoms with Gasteiger partial charge in [-0.1, -0.05) is 0 Å². The first-order chi connectivity index (χ1) is 8.25. The molecule has 0 saturated heterocycles. The predicted octanol–water partition coefficient (Wildman–Crippen LogP) is 2.06. The Kier molecular flexibility index (Phi) is 2.08. The van der Waals surface area contributed by atoms with Gasteiger partial charge in [0, 0.05) is 42.1 Å². The lowest BCUT2D eigenvalue weighted by Crippen LogP contribution is -2.12. The zero-order valence-electron chi connectivity index (χ0n) is 9.37. The van der Waals surface area contributed by atoms with E-state index in [0.29, 0.717) is 5.56 Å². The minimum atomic E-state index is -0.110. The first-order valence-corrected chi connectivity index (χ1v) is 5.35. The van der Waals surface area contributed by atoms with E-state index in [2.05, 4.69) is 5.10 Å². The summed E-state index contributed by atoms with van der Waals surface area (Å²) in [5.41, 5.74) is 1.76. The minimum Gasteiger partial charge on any atom is -0.351 e. The first kappa shape index (κ1) is 9.84. The SMILES string of the molecule is Cn1ccc2cc(C(=O)n3cccn3)ccc21. The third kappa shape index (κ3) is 1.54. The molecule has 3 aromatic rings. The Labute approximate surface area is 98.1 Å². The lowest BCUT2D eigenvalue weighted by Gasteiger charge is -2.01. The highest BCUT2D eigenvalue weighted by Crippen LogP contribution is 2.17. The van der Waals surface area contributed by atoms with E-state index in [9.17, 15) is 4.79 Å². The smallest absolute Gasteiger partial charge is 0.278 e. The normalized spacial score (nSPS) is 10.9. The third-order valence-electron chi connectivity index (χ3n) is 2.84. The molecule has 3 rings (SSSR count). The summed E-state index contributed by atoms with van der Waals surface area (Å²) in [6.45, 7) is 0. The molecule has 2 heterocycles. The van der Waals surface area contributed by atoms with Gasteiger partial charge in [-0.3, -0.25) is 4.79 Å². The molecule has 0 spiro atoms. The molecule has 0 atom stereocenters. The highest BCUT2D eigenvalue weighted by Gasteiger charge is 2.09. The number of hydrogen-bond donors (Lipinski definition) is 0. The van der Waals surface area contributed by atoms with Crippen LogP contribution in [-0.2, 0) is 7.05 Å². The van der Waals surface area contributed by atoms with Crippen LogP contribution in [0.4, 0.5) is 0 Å². The fourth-order valence-electron chi connectivity index (χ4n) is 1.94. The van der Waals surface area contributed by atoms with Crippen molar-refractivity contribution in [3.05, 3.63) is 54.5 Å². The fraction of sp³-hybridized carbons (Fsp3) is 0.0769. The summed E-state index contributed by atoms with van der Waals surface area (Å²) in [6, 6.07) is 9.39. The van der Waals surface area contributed by atoms with E-state index in [1.807, 2.05) is 42.1 Å². The van der Waals surface area contributed by atoms with Crippen molar-refractivity contribution in [1.29, 1.82) is 0 Å². The molecule has 2 aromatic heterocycles. The average molecular weight is 225 g/mol. The van der Waals surface area contributed by atoms with E-state index in [1.54, 1.807) is 18.5 Å². The van der Waals surface area contributed by atoms with Crippen molar-refractivity contribution in [3.63, 3.8) is 0 Å². The highest BCUT2D eigenvalue weighted by molar-refractivity contribution is 5.98. The first-order valence-electron chi connectivity index (χ1n) is 5.35. The second kappa shape index (κ2) is 3.59. The zero-order chi connectivity index (χ0) is 11.8. The summed E-state index contributed by atoms with van der Waals surface area (Å²) in [4.78, 5) is 12.1. The second-order valence-electron chi connectivity index (χ2n) is 3.96. The largest absolute Gasteiger partial charge is 0.351 e. The van der Waals surface area contributed by atoms with Crippen LogP contribution < -0.4 is 0 Å². The summed E-state index contributed by atoms with van der Waals surface area (Å²) in [7, 11) is 1.98. The van der Waals surface area contributed by atoms with E-state index >= 15 is 0 Å². The number of carbonyl (C=O) groups excluding carboxylic acids is 1. The van der Waals surface area contributed by atoms with Gasteiger partial charge in [0.25, 0.3) is 5.91 Å². The molecule has 0 fully saturated rings. The molecule has 0 bridgehead atoms. The maximum Gasteiger partial charge on any atom is 0.278 e. The average Bonchev–Trinajstić information content (AvgIpc) is 2.98. The molecule has 0 saturated carbocycles. The summed E-state index contributed by atoms with van der Waals surface area (Å²) >= 11 is 0. The van der Waals surface area contributed by atoms with Crippen molar-refractivity contribution in [1.82, 2.24) is 14.3 Å². The van der Waals surface area contributed by atoms with Crippen LogP contribution in [0.25, 0.3) is 10.9 Å². The number of carbonyl (C=O) groups is 1. The monoisotopic (exact) mass is 225 g/mol. The molecular formula is C13H11N3O. The fourth-order valence-corrected chi connectivity index (χ4v) is 1.94. The summed E-state index contributed by atoms with van der Waals surface area (Å²) in [5.74, 6) is -0.110. The molecule has 0 N–H and O–H groups in total. The second-order valence-corrected chi connectivity index (χ2v) is 3.96. The minimum absolute atomic E-state index is 0.110. The van der Waals surface area contributed by atoms with Gasteiger partial charge < -0.3 is 4.57 Å². The number of fused-ring (bicyclic) bond motifs is 1. The molecular weight excluding hydrogens is 214 g/mol. The molecule has 0 amide bonds. The van der Waals surface area contributed by atoms with Crippen LogP contribution in [0.2, 0.25) is 0 Å². The Morgan fingerprint density at radius 2 is 2.12 bits per heavy atom. The van der Waals surface area contributed by atoms with Gasteiger partial charge >= 0.3 is 0 Å². The molecule has 4 nitrogen and oxygen atoms in total. The van der Waals surface area contributed by atoms with Gasteiger partial charge in [-0.15, -0.1) is 0 Å². The number of aryl methyl sites for hydroxylation is 1. The number of aromatic nitrogens is 3. The maximum absolute atomic E-state index is 12.1. The molecule has 17 heavy (non-hydrogen) atoms. The van der Waals surface area contributed by atoms with Crippen molar-refractivity contribution in [2.24, 2.45) is 7.05 Å². The topological polar surface area (TPSA) is 39.8 Å². The molecule has 1 aromatic carbocycles. The lowest BCUT2D eigenvalue weighted by atomic mass is 10.1. The van der Waals surface area contributed by atoms with Crippen molar-refractivity contribution in [3.8, 4) is 0 Å². The van der Waals surface area contributed by atoms with Crippen LogP contribution in [0.3, 0.4) is 0 Å². The Morgan fingerprint density at radius 3 is 2.88 bits per heavy atom. The molecule has 84 valence electrons. The van der Waals surface area contributed by atoms with Crippen LogP contribution in [0, 0.1) is 0 Å². The van der Waals surface area contributed by atoms with Gasteiger partial charge in [0.1, 0.15) is 0 Å². The van der Waals surface area contributed by atoms with Crippen LogP contribution in [0.1, 0.15) is 10.4 Å². The molecule has 0 aliphatic carbocycles. The van der Waals surface area contributed by atoms with Crippen molar-refractivity contribution >= 4 is 16.8 Å².